The fourth-order valence-corrected chi connectivity index (χ4v) is 4.30. The van der Waals surface area contributed by atoms with Crippen LogP contribution in [-0.2, 0) is 22.6 Å². The number of amides is 2. The first-order chi connectivity index (χ1) is 18.0. The molecule has 0 radical (unpaired) electrons. The van der Waals surface area contributed by atoms with E-state index >= 15 is 0 Å². The van der Waals surface area contributed by atoms with E-state index in [1.165, 1.54) is 5.56 Å². The molecule has 3 aromatic carbocycles. The largest absolute Gasteiger partial charge is 0.494 e. The quantitative estimate of drug-likeness (QED) is 0.228. The highest BCUT2D eigenvalue weighted by atomic mass is 79.9. The summed E-state index contributed by atoms with van der Waals surface area (Å²) in [5, 5.41) is 3.06. The number of carbonyl (C=O) groups excluding carboxylic acids is 2. The third-order valence-electron chi connectivity index (χ3n) is 6.19. The van der Waals surface area contributed by atoms with E-state index in [0.29, 0.717) is 39.0 Å². The predicted octanol–water partition coefficient (Wildman–Crippen LogP) is 6.47. The van der Waals surface area contributed by atoms with Crippen molar-refractivity contribution in [3.63, 3.8) is 0 Å². The van der Waals surface area contributed by atoms with Crippen LogP contribution >= 0.6 is 15.9 Å². The molecule has 3 rings (SSSR count). The van der Waals surface area contributed by atoms with Crippen molar-refractivity contribution >= 4 is 27.7 Å². The van der Waals surface area contributed by atoms with Crippen molar-refractivity contribution in [2.45, 2.75) is 58.5 Å². The maximum atomic E-state index is 13.6. The van der Waals surface area contributed by atoms with Gasteiger partial charge in [0.15, 0.2) is 0 Å². The highest BCUT2D eigenvalue weighted by Crippen LogP contribution is 2.19. The fourth-order valence-electron chi connectivity index (χ4n) is 4.04. The van der Waals surface area contributed by atoms with Crippen LogP contribution in [0.15, 0.2) is 83.3 Å². The number of aryl methyl sites for hydroxylation is 1. The molecule has 37 heavy (non-hydrogen) atoms. The number of benzene rings is 3. The minimum atomic E-state index is -0.603. The minimum Gasteiger partial charge on any atom is -0.494 e. The minimum absolute atomic E-state index is 0.0537. The lowest BCUT2D eigenvalue weighted by Crippen LogP contribution is -2.50. The first kappa shape index (κ1) is 28.5. The molecular formula is C31H37BrN2O3. The molecule has 1 atom stereocenters. The van der Waals surface area contributed by atoms with Crippen LogP contribution < -0.4 is 10.1 Å². The van der Waals surface area contributed by atoms with Crippen molar-refractivity contribution in [3.05, 3.63) is 100 Å². The number of ether oxygens (including phenoxy) is 1. The van der Waals surface area contributed by atoms with Crippen molar-refractivity contribution in [2.24, 2.45) is 0 Å². The van der Waals surface area contributed by atoms with Crippen molar-refractivity contribution < 1.29 is 14.3 Å². The zero-order chi connectivity index (χ0) is 26.5. The summed E-state index contributed by atoms with van der Waals surface area (Å²) in [4.78, 5) is 28.8. The molecule has 0 saturated heterocycles. The Hall–Kier alpha value is -3.12. The van der Waals surface area contributed by atoms with Crippen LogP contribution in [-0.4, -0.2) is 35.9 Å². The summed E-state index contributed by atoms with van der Waals surface area (Å²) in [6.07, 6.45) is 3.23. The normalized spacial score (nSPS) is 11.5. The van der Waals surface area contributed by atoms with E-state index < -0.39 is 6.04 Å². The van der Waals surface area contributed by atoms with E-state index in [1.807, 2.05) is 85.8 Å². The summed E-state index contributed by atoms with van der Waals surface area (Å²) in [6.45, 7) is 5.53. The molecule has 5 nitrogen and oxygen atoms in total. The van der Waals surface area contributed by atoms with Gasteiger partial charge in [0, 0.05) is 30.4 Å². The Morgan fingerprint density at radius 1 is 0.919 bits per heavy atom. The molecule has 196 valence electrons. The number of hydrogen-bond donors (Lipinski definition) is 1. The summed E-state index contributed by atoms with van der Waals surface area (Å²) in [6, 6.07) is 25.1. The zero-order valence-corrected chi connectivity index (χ0v) is 23.4. The van der Waals surface area contributed by atoms with E-state index in [-0.39, 0.29) is 11.8 Å². The van der Waals surface area contributed by atoms with Crippen LogP contribution in [0.4, 0.5) is 0 Å². The van der Waals surface area contributed by atoms with Gasteiger partial charge in [-0.15, -0.1) is 0 Å². The molecule has 3 aromatic rings. The molecule has 0 bridgehead atoms. The average molecular weight is 566 g/mol. The van der Waals surface area contributed by atoms with Crippen LogP contribution in [0, 0.1) is 6.92 Å². The smallest absolute Gasteiger partial charge is 0.243 e. The SMILES string of the molecule is CCCCNC(=O)C(Cc1ccccc1)N(Cc1ccc(Br)cc1)C(=O)CCCOc1ccc(C)cc1. The molecule has 0 spiro atoms. The van der Waals surface area contributed by atoms with Gasteiger partial charge in [0.2, 0.25) is 11.8 Å². The van der Waals surface area contributed by atoms with Gasteiger partial charge >= 0.3 is 0 Å². The fraction of sp³-hybridized carbons (Fsp3) is 0.355. The molecule has 2 amide bonds. The van der Waals surface area contributed by atoms with E-state index in [4.69, 9.17) is 4.74 Å². The Bertz CT molecular complexity index is 1100. The molecule has 0 saturated carbocycles. The highest BCUT2D eigenvalue weighted by Gasteiger charge is 2.30. The standard InChI is InChI=1S/C31H37BrN2O3/c1-3-4-20-33-31(36)29(22-25-9-6-5-7-10-25)34(23-26-14-16-27(32)17-15-26)30(35)11-8-21-37-28-18-12-24(2)13-19-28/h5-7,9-10,12-19,29H,3-4,8,11,20-23H2,1-2H3,(H,33,36). The predicted molar refractivity (Wildman–Crippen MR) is 152 cm³/mol. The first-order valence-corrected chi connectivity index (χ1v) is 13.8. The van der Waals surface area contributed by atoms with Crippen LogP contribution in [0.5, 0.6) is 5.75 Å². The van der Waals surface area contributed by atoms with E-state index in [1.54, 1.807) is 4.90 Å². The molecule has 0 aliphatic rings. The Kier molecular flexibility index (Phi) is 11.7. The number of unbranched alkanes of at least 4 members (excludes halogenated alkanes) is 1. The van der Waals surface area contributed by atoms with Crippen molar-refractivity contribution in [1.82, 2.24) is 10.2 Å². The van der Waals surface area contributed by atoms with Gasteiger partial charge in [-0.3, -0.25) is 9.59 Å². The van der Waals surface area contributed by atoms with Crippen molar-refractivity contribution in [1.29, 1.82) is 0 Å². The zero-order valence-electron chi connectivity index (χ0n) is 21.8. The summed E-state index contributed by atoms with van der Waals surface area (Å²) in [7, 11) is 0. The molecular weight excluding hydrogens is 528 g/mol. The molecule has 0 aromatic heterocycles. The van der Waals surface area contributed by atoms with Crippen LogP contribution in [0.2, 0.25) is 0 Å². The summed E-state index contributed by atoms with van der Waals surface area (Å²) in [5.41, 5.74) is 3.18. The lowest BCUT2D eigenvalue weighted by molar-refractivity contribution is -0.141. The molecule has 0 aliphatic carbocycles. The van der Waals surface area contributed by atoms with Gasteiger partial charge < -0.3 is 15.0 Å². The van der Waals surface area contributed by atoms with Gasteiger partial charge in [-0.2, -0.15) is 0 Å². The number of halogens is 1. The van der Waals surface area contributed by atoms with Gasteiger partial charge in [-0.05, 0) is 55.2 Å². The summed E-state index contributed by atoms with van der Waals surface area (Å²) < 4.78 is 6.81. The average Bonchev–Trinajstić information content (AvgIpc) is 2.91. The highest BCUT2D eigenvalue weighted by molar-refractivity contribution is 9.10. The topological polar surface area (TPSA) is 58.6 Å². The van der Waals surface area contributed by atoms with E-state index in [0.717, 1.165) is 34.2 Å². The molecule has 1 N–H and O–H groups in total. The van der Waals surface area contributed by atoms with Crippen LogP contribution in [0.1, 0.15) is 49.3 Å². The van der Waals surface area contributed by atoms with Crippen molar-refractivity contribution in [3.8, 4) is 5.75 Å². The Morgan fingerprint density at radius 3 is 2.30 bits per heavy atom. The number of carbonyl (C=O) groups is 2. The summed E-state index contributed by atoms with van der Waals surface area (Å²) >= 11 is 3.48. The number of rotatable bonds is 14. The van der Waals surface area contributed by atoms with Crippen LogP contribution in [0.25, 0.3) is 0 Å². The Morgan fingerprint density at radius 2 is 1.62 bits per heavy atom. The third kappa shape index (κ3) is 9.69. The molecule has 1 unspecified atom stereocenters. The maximum absolute atomic E-state index is 13.6. The van der Waals surface area contributed by atoms with E-state index in [9.17, 15) is 9.59 Å². The Labute approximate surface area is 229 Å². The number of hydrogen-bond acceptors (Lipinski definition) is 3. The monoisotopic (exact) mass is 564 g/mol. The third-order valence-corrected chi connectivity index (χ3v) is 6.72. The van der Waals surface area contributed by atoms with Gasteiger partial charge in [0.25, 0.3) is 0 Å². The number of nitrogens with one attached hydrogen (secondary N) is 1. The summed E-state index contributed by atoms with van der Waals surface area (Å²) in [5.74, 6) is 0.627. The lowest BCUT2D eigenvalue weighted by atomic mass is 10.0. The van der Waals surface area contributed by atoms with E-state index in [2.05, 4.69) is 28.2 Å². The lowest BCUT2D eigenvalue weighted by Gasteiger charge is -2.31. The van der Waals surface area contributed by atoms with Crippen LogP contribution in [0.3, 0.4) is 0 Å². The second-order valence-electron chi connectivity index (χ2n) is 9.26. The molecule has 0 aliphatic heterocycles. The second kappa shape index (κ2) is 15.2. The number of nitrogens with zero attached hydrogens (tertiary/aromatic N) is 1. The van der Waals surface area contributed by atoms with Gasteiger partial charge in [0.05, 0.1) is 6.61 Å². The van der Waals surface area contributed by atoms with Crippen molar-refractivity contribution in [2.75, 3.05) is 13.2 Å². The molecule has 0 heterocycles. The Balaban J connectivity index is 1.76. The first-order valence-electron chi connectivity index (χ1n) is 13.0. The molecule has 6 heteroatoms. The second-order valence-corrected chi connectivity index (χ2v) is 10.2. The van der Waals surface area contributed by atoms with Gasteiger partial charge in [-0.1, -0.05) is 89.4 Å². The van der Waals surface area contributed by atoms with Gasteiger partial charge in [-0.25, -0.2) is 0 Å². The van der Waals surface area contributed by atoms with Gasteiger partial charge in [0.1, 0.15) is 11.8 Å². The molecule has 0 fully saturated rings. The maximum Gasteiger partial charge on any atom is 0.243 e.